The van der Waals surface area contributed by atoms with Gasteiger partial charge in [0.1, 0.15) is 18.4 Å². The average Bonchev–Trinajstić information content (AvgIpc) is 2.93. The molecule has 43 heavy (non-hydrogen) atoms. The summed E-state index contributed by atoms with van der Waals surface area (Å²) in [5, 5.41) is 22.0. The molecule has 3 N–H and O–H groups in total. The van der Waals surface area contributed by atoms with E-state index in [1.165, 1.54) is 13.0 Å². The average molecular weight is 619 g/mol. The molecule has 0 saturated carbocycles. The lowest BCUT2D eigenvalue weighted by molar-refractivity contribution is -0.147. The molecular formula is C26H33F3N4O10. The van der Waals surface area contributed by atoms with Gasteiger partial charge in [0.25, 0.3) is 0 Å². The minimum atomic E-state index is -4.75. The molecule has 0 aromatic carbocycles. The van der Waals surface area contributed by atoms with E-state index in [-0.39, 0.29) is 25.8 Å². The second-order valence-corrected chi connectivity index (χ2v) is 8.95. The van der Waals surface area contributed by atoms with Crippen molar-refractivity contribution in [2.45, 2.75) is 64.2 Å². The molecule has 1 aromatic heterocycles. The third-order valence-electron chi connectivity index (χ3n) is 5.41. The first-order valence-corrected chi connectivity index (χ1v) is 12.6. The number of hydrogen-bond acceptors (Lipinski definition) is 10. The van der Waals surface area contributed by atoms with Crippen LogP contribution < -0.4 is 22.4 Å². The van der Waals surface area contributed by atoms with Crippen LogP contribution in [0, 0.1) is 0 Å². The number of carbonyl (C=O) groups excluding carboxylic acids is 3. The maximum Gasteiger partial charge on any atom is 0.416 e. The van der Waals surface area contributed by atoms with Crippen LogP contribution in [0.5, 0.6) is 0 Å². The molecule has 2 atom stereocenters. The number of halogens is 3. The van der Waals surface area contributed by atoms with Gasteiger partial charge in [-0.15, -0.1) is 6.58 Å². The van der Waals surface area contributed by atoms with E-state index >= 15 is 0 Å². The molecule has 0 bridgehead atoms. The van der Waals surface area contributed by atoms with Crippen LogP contribution >= 0.6 is 0 Å². The summed E-state index contributed by atoms with van der Waals surface area (Å²) in [5.74, 6) is -2.83. The SMILES string of the molecule is C=CCn1c(=O)n(CC(C)O)c(=O)n(CC(O)COC(=O)CCCC(=O)N/C(=C\C=C(/C=C)C(F)(F)F)C(=O)OC)c1=O. The van der Waals surface area contributed by atoms with Gasteiger partial charge in [-0.2, -0.15) is 13.2 Å². The molecule has 0 aliphatic rings. The van der Waals surface area contributed by atoms with Crippen molar-refractivity contribution in [1.29, 1.82) is 0 Å². The number of alkyl halides is 3. The van der Waals surface area contributed by atoms with Gasteiger partial charge in [0, 0.05) is 12.8 Å². The normalized spacial score (nSPS) is 13.6. The van der Waals surface area contributed by atoms with E-state index in [1.54, 1.807) is 0 Å². The Labute approximate surface area is 242 Å². The van der Waals surface area contributed by atoms with Gasteiger partial charge < -0.3 is 25.0 Å². The molecule has 1 aromatic rings. The number of aliphatic hydroxyl groups is 2. The van der Waals surface area contributed by atoms with E-state index in [1.807, 2.05) is 0 Å². The number of allylic oxidation sites excluding steroid dienone is 5. The maximum atomic E-state index is 12.8. The largest absolute Gasteiger partial charge is 0.464 e. The molecule has 0 fully saturated rings. The first kappa shape index (κ1) is 36.5. The number of ether oxygens (including phenoxy) is 2. The van der Waals surface area contributed by atoms with E-state index in [0.29, 0.717) is 31.9 Å². The van der Waals surface area contributed by atoms with Crippen molar-refractivity contribution in [3.63, 3.8) is 0 Å². The van der Waals surface area contributed by atoms with Crippen molar-refractivity contribution < 1.29 is 47.2 Å². The predicted molar refractivity (Wildman–Crippen MR) is 144 cm³/mol. The Kier molecular flexibility index (Phi) is 14.3. The van der Waals surface area contributed by atoms with E-state index in [0.717, 1.165) is 7.11 Å². The summed E-state index contributed by atoms with van der Waals surface area (Å²) in [6.45, 7) is 5.78. The summed E-state index contributed by atoms with van der Waals surface area (Å²) >= 11 is 0. The number of nitrogens with one attached hydrogen (secondary N) is 1. The van der Waals surface area contributed by atoms with E-state index < -0.39 is 84.3 Å². The highest BCUT2D eigenvalue weighted by Gasteiger charge is 2.31. The standard InChI is InChI=1S/C26H33F3N4O10/c1-5-12-31-23(39)32(13-16(3)34)25(41)33(24(31)40)14-18(35)15-43-21(37)9-7-8-20(36)30-19(22(38)42-4)11-10-17(6-2)26(27,28)29/h5-6,10-11,16,18,34-35H,1-2,7-9,12-15H2,3-4H3,(H,30,36)/b17-10+,19-11-. The van der Waals surface area contributed by atoms with Crippen LogP contribution in [0.15, 0.2) is 63.1 Å². The zero-order valence-electron chi connectivity index (χ0n) is 23.5. The van der Waals surface area contributed by atoms with Crippen LogP contribution in [-0.4, -0.2) is 73.9 Å². The van der Waals surface area contributed by atoms with E-state index in [2.05, 4.69) is 23.2 Å². The van der Waals surface area contributed by atoms with Gasteiger partial charge in [0.2, 0.25) is 5.91 Å². The summed E-state index contributed by atoms with van der Waals surface area (Å²) in [4.78, 5) is 73.9. The molecule has 0 aliphatic heterocycles. The lowest BCUT2D eigenvalue weighted by Gasteiger charge is -2.16. The summed E-state index contributed by atoms with van der Waals surface area (Å²) in [7, 11) is 0.953. The first-order chi connectivity index (χ1) is 20.1. The van der Waals surface area contributed by atoms with Gasteiger partial charge >= 0.3 is 35.2 Å². The molecule has 1 amide bonds. The monoisotopic (exact) mass is 618 g/mol. The summed E-state index contributed by atoms with van der Waals surface area (Å²) in [6, 6.07) is 0. The predicted octanol–water partition coefficient (Wildman–Crippen LogP) is -0.339. The number of hydrogen-bond donors (Lipinski definition) is 3. The number of amides is 1. The molecule has 0 aliphatic carbocycles. The van der Waals surface area contributed by atoms with Crippen LogP contribution in [0.25, 0.3) is 0 Å². The van der Waals surface area contributed by atoms with Crippen molar-refractivity contribution in [1.82, 2.24) is 19.0 Å². The highest BCUT2D eigenvalue weighted by molar-refractivity contribution is 5.94. The number of nitrogens with zero attached hydrogens (tertiary/aromatic N) is 3. The van der Waals surface area contributed by atoms with Crippen LogP contribution in [0.1, 0.15) is 26.2 Å². The third-order valence-corrected chi connectivity index (χ3v) is 5.41. The molecule has 0 spiro atoms. The first-order valence-electron chi connectivity index (χ1n) is 12.6. The smallest absolute Gasteiger partial charge is 0.416 e. The number of esters is 2. The zero-order chi connectivity index (χ0) is 32.9. The lowest BCUT2D eigenvalue weighted by Crippen LogP contribution is -2.56. The molecule has 14 nitrogen and oxygen atoms in total. The Morgan fingerprint density at radius 1 is 0.977 bits per heavy atom. The Balaban J connectivity index is 2.80. The molecule has 2 unspecified atom stereocenters. The van der Waals surface area contributed by atoms with E-state index in [9.17, 15) is 52.2 Å². The molecule has 0 radical (unpaired) electrons. The van der Waals surface area contributed by atoms with Crippen molar-refractivity contribution in [2.24, 2.45) is 0 Å². The molecular weight excluding hydrogens is 585 g/mol. The minimum Gasteiger partial charge on any atom is -0.464 e. The van der Waals surface area contributed by atoms with Gasteiger partial charge in [0.15, 0.2) is 0 Å². The maximum absolute atomic E-state index is 12.8. The van der Waals surface area contributed by atoms with Crippen LogP contribution in [-0.2, 0) is 43.5 Å². The number of rotatable bonds is 16. The summed E-state index contributed by atoms with van der Waals surface area (Å²) in [5.41, 5.74) is -4.90. The van der Waals surface area contributed by atoms with Gasteiger partial charge in [-0.3, -0.25) is 9.59 Å². The highest BCUT2D eigenvalue weighted by Crippen LogP contribution is 2.26. The van der Waals surface area contributed by atoms with Crippen LogP contribution in [0.2, 0.25) is 0 Å². The molecule has 238 valence electrons. The second kappa shape index (κ2) is 16.8. The zero-order valence-corrected chi connectivity index (χ0v) is 23.5. The summed E-state index contributed by atoms with van der Waals surface area (Å²) < 4.78 is 49.7. The Bertz CT molecular complexity index is 1430. The lowest BCUT2D eigenvalue weighted by atomic mass is 10.2. The third kappa shape index (κ3) is 11.4. The Morgan fingerprint density at radius 3 is 2.07 bits per heavy atom. The van der Waals surface area contributed by atoms with Crippen molar-refractivity contribution >= 4 is 17.8 Å². The van der Waals surface area contributed by atoms with Crippen molar-refractivity contribution in [2.75, 3.05) is 13.7 Å². The fourth-order valence-electron chi connectivity index (χ4n) is 3.40. The van der Waals surface area contributed by atoms with E-state index in [4.69, 9.17) is 4.74 Å². The Hall–Kier alpha value is -4.51. The summed E-state index contributed by atoms with van der Waals surface area (Å²) in [6.07, 6.45) is -5.29. The van der Waals surface area contributed by atoms with Gasteiger partial charge in [-0.1, -0.05) is 18.7 Å². The molecule has 0 saturated heterocycles. The molecule has 1 heterocycles. The fourth-order valence-corrected chi connectivity index (χ4v) is 3.40. The fraction of sp³-hybridized carbons (Fsp3) is 0.462. The van der Waals surface area contributed by atoms with Crippen LogP contribution in [0.3, 0.4) is 0 Å². The number of methoxy groups -OCH3 is 1. The quantitative estimate of drug-likeness (QED) is 0.0957. The Morgan fingerprint density at radius 2 is 1.56 bits per heavy atom. The highest BCUT2D eigenvalue weighted by atomic mass is 19.4. The molecule has 1 rings (SSSR count). The molecule has 17 heteroatoms. The van der Waals surface area contributed by atoms with Crippen LogP contribution in [0.4, 0.5) is 13.2 Å². The van der Waals surface area contributed by atoms with Crippen molar-refractivity contribution in [3.8, 4) is 0 Å². The van der Waals surface area contributed by atoms with Crippen molar-refractivity contribution in [3.05, 3.63) is 80.2 Å². The van der Waals surface area contributed by atoms with Gasteiger partial charge in [-0.05, 0) is 25.5 Å². The number of aromatic nitrogens is 3. The number of aliphatic hydroxyl groups excluding tert-OH is 2. The minimum absolute atomic E-state index is 0.123. The van der Waals surface area contributed by atoms with Gasteiger partial charge in [0.05, 0.1) is 38.4 Å². The number of carbonyl (C=O) groups is 3. The second-order valence-electron chi connectivity index (χ2n) is 8.95. The topological polar surface area (TPSA) is 188 Å². The van der Waals surface area contributed by atoms with Gasteiger partial charge in [-0.25, -0.2) is 32.9 Å².